The van der Waals surface area contributed by atoms with E-state index in [0.29, 0.717) is 11.4 Å². The van der Waals surface area contributed by atoms with Crippen molar-refractivity contribution in [2.75, 3.05) is 18.0 Å². The average molecular weight is 249 g/mol. The Morgan fingerprint density at radius 1 is 1.44 bits per heavy atom. The number of morpholine rings is 1. The summed E-state index contributed by atoms with van der Waals surface area (Å²) in [5.74, 6) is 0.715. The van der Waals surface area contributed by atoms with Gasteiger partial charge in [-0.05, 0) is 18.9 Å². The highest BCUT2D eigenvalue weighted by atomic mass is 16.5. The normalized spacial score (nSPS) is 27.6. The van der Waals surface area contributed by atoms with Gasteiger partial charge in [0.15, 0.2) is 11.7 Å². The second kappa shape index (κ2) is 4.41. The van der Waals surface area contributed by atoms with Crippen LogP contribution in [0.5, 0.6) is 0 Å². The Labute approximate surface area is 104 Å². The topological polar surface area (TPSA) is 96.9 Å². The molecule has 2 bridgehead atoms. The highest BCUT2D eigenvalue weighted by Gasteiger charge is 2.35. The fraction of sp³-hybridized carbons (Fsp3) is 0.545. The molecule has 2 aliphatic rings. The smallest absolute Gasteiger partial charge is 0.173 e. The monoisotopic (exact) mass is 249 g/mol. The van der Waals surface area contributed by atoms with E-state index in [4.69, 9.17) is 15.7 Å². The molecule has 2 unspecified atom stereocenters. The molecule has 0 saturated carbocycles. The first-order valence-corrected chi connectivity index (χ1v) is 5.98. The highest BCUT2D eigenvalue weighted by molar-refractivity contribution is 6.01. The summed E-state index contributed by atoms with van der Waals surface area (Å²) in [5.41, 5.74) is 6.27. The molecule has 1 aromatic rings. The molecule has 0 aliphatic carbocycles. The van der Waals surface area contributed by atoms with Crippen molar-refractivity contribution in [2.45, 2.75) is 25.0 Å². The summed E-state index contributed by atoms with van der Waals surface area (Å²) < 4.78 is 5.77. The standard InChI is InChI=1S/C11H15N5O2/c12-10(15-17)9-3-4-13-14-11(9)16-5-7-1-2-8(6-16)18-7/h3-4,7-8,17H,1-2,5-6H2,(H2,12,15). The van der Waals surface area contributed by atoms with E-state index in [0.717, 1.165) is 25.9 Å². The van der Waals surface area contributed by atoms with Gasteiger partial charge in [-0.25, -0.2) is 0 Å². The van der Waals surface area contributed by atoms with Crippen molar-refractivity contribution in [3.05, 3.63) is 17.8 Å². The molecule has 96 valence electrons. The fourth-order valence-electron chi connectivity index (χ4n) is 2.60. The Kier molecular flexibility index (Phi) is 2.75. The van der Waals surface area contributed by atoms with Gasteiger partial charge in [0.05, 0.1) is 24.0 Å². The molecule has 0 radical (unpaired) electrons. The Bertz CT molecular complexity index is 466. The van der Waals surface area contributed by atoms with Crippen LogP contribution >= 0.6 is 0 Å². The van der Waals surface area contributed by atoms with E-state index < -0.39 is 0 Å². The third-order valence-corrected chi connectivity index (χ3v) is 3.43. The maximum atomic E-state index is 8.80. The lowest BCUT2D eigenvalue weighted by Gasteiger charge is -2.33. The number of fused-ring (bicyclic) bond motifs is 2. The van der Waals surface area contributed by atoms with E-state index in [-0.39, 0.29) is 18.0 Å². The number of nitrogens with zero attached hydrogens (tertiary/aromatic N) is 4. The van der Waals surface area contributed by atoms with Crippen molar-refractivity contribution in [1.29, 1.82) is 0 Å². The first kappa shape index (κ1) is 11.2. The number of rotatable bonds is 2. The zero-order valence-corrected chi connectivity index (χ0v) is 9.86. The van der Waals surface area contributed by atoms with E-state index in [9.17, 15) is 0 Å². The molecule has 2 aliphatic heterocycles. The molecular weight excluding hydrogens is 234 g/mol. The van der Waals surface area contributed by atoms with Gasteiger partial charge in [-0.2, -0.15) is 5.10 Å². The molecule has 3 N–H and O–H groups in total. The molecule has 18 heavy (non-hydrogen) atoms. The molecule has 0 spiro atoms. The summed E-state index contributed by atoms with van der Waals surface area (Å²) in [5, 5.41) is 19.8. The van der Waals surface area contributed by atoms with Crippen LogP contribution in [0.1, 0.15) is 18.4 Å². The lowest BCUT2D eigenvalue weighted by molar-refractivity contribution is 0.0301. The van der Waals surface area contributed by atoms with Gasteiger partial charge in [0.25, 0.3) is 0 Å². The van der Waals surface area contributed by atoms with Crippen molar-refractivity contribution in [3.8, 4) is 0 Å². The lowest BCUT2D eigenvalue weighted by Crippen LogP contribution is -2.44. The van der Waals surface area contributed by atoms with Crippen molar-refractivity contribution in [1.82, 2.24) is 10.2 Å². The van der Waals surface area contributed by atoms with Gasteiger partial charge in [-0.3, -0.25) is 0 Å². The van der Waals surface area contributed by atoms with E-state index in [1.165, 1.54) is 6.20 Å². The molecule has 2 saturated heterocycles. The number of amidine groups is 1. The minimum absolute atomic E-state index is 0.0544. The average Bonchev–Trinajstić information content (AvgIpc) is 2.76. The molecule has 0 amide bonds. The number of hydrogen-bond acceptors (Lipinski definition) is 6. The SMILES string of the molecule is N/C(=N/O)c1ccnnc1N1CC2CCC(C1)O2. The van der Waals surface area contributed by atoms with Crippen LogP contribution in [0.25, 0.3) is 0 Å². The van der Waals surface area contributed by atoms with E-state index in [1.807, 2.05) is 0 Å². The van der Waals surface area contributed by atoms with Crippen LogP contribution in [0.15, 0.2) is 17.4 Å². The second-order valence-electron chi connectivity index (χ2n) is 4.62. The minimum Gasteiger partial charge on any atom is -0.409 e. The van der Waals surface area contributed by atoms with Crippen LogP contribution in [0.2, 0.25) is 0 Å². The van der Waals surface area contributed by atoms with Gasteiger partial charge in [-0.15, -0.1) is 5.10 Å². The zero-order chi connectivity index (χ0) is 12.5. The lowest BCUT2D eigenvalue weighted by atomic mass is 10.2. The molecule has 2 atom stereocenters. The number of aromatic nitrogens is 2. The summed E-state index contributed by atoms with van der Waals surface area (Å²) in [6.45, 7) is 1.56. The van der Waals surface area contributed by atoms with Crippen LogP contribution in [0, 0.1) is 0 Å². The van der Waals surface area contributed by atoms with Crippen molar-refractivity contribution in [3.63, 3.8) is 0 Å². The van der Waals surface area contributed by atoms with Crippen LogP contribution < -0.4 is 10.6 Å². The first-order valence-electron chi connectivity index (χ1n) is 5.98. The third kappa shape index (κ3) is 1.86. The Morgan fingerprint density at radius 3 is 2.83 bits per heavy atom. The second-order valence-corrected chi connectivity index (χ2v) is 4.62. The predicted octanol–water partition coefficient (Wildman–Crippen LogP) is -0.0613. The van der Waals surface area contributed by atoms with E-state index in [1.54, 1.807) is 6.07 Å². The van der Waals surface area contributed by atoms with Gasteiger partial charge < -0.3 is 20.6 Å². The summed E-state index contributed by atoms with van der Waals surface area (Å²) in [6.07, 6.45) is 4.21. The summed E-state index contributed by atoms with van der Waals surface area (Å²) >= 11 is 0. The molecule has 0 aromatic carbocycles. The summed E-state index contributed by atoms with van der Waals surface area (Å²) in [4.78, 5) is 2.10. The van der Waals surface area contributed by atoms with E-state index >= 15 is 0 Å². The first-order chi connectivity index (χ1) is 8.78. The largest absolute Gasteiger partial charge is 0.409 e. The minimum atomic E-state index is 0.0544. The van der Waals surface area contributed by atoms with Gasteiger partial charge in [0.2, 0.25) is 0 Å². The molecule has 3 rings (SSSR count). The van der Waals surface area contributed by atoms with Gasteiger partial charge in [0, 0.05) is 13.1 Å². The zero-order valence-electron chi connectivity index (χ0n) is 9.86. The quantitative estimate of drug-likeness (QED) is 0.330. The predicted molar refractivity (Wildman–Crippen MR) is 64.7 cm³/mol. The maximum absolute atomic E-state index is 8.80. The fourth-order valence-corrected chi connectivity index (χ4v) is 2.60. The number of oxime groups is 1. The molecule has 2 fully saturated rings. The number of nitrogens with two attached hydrogens (primary N) is 1. The van der Waals surface area contributed by atoms with Crippen LogP contribution in [-0.2, 0) is 4.74 Å². The molecule has 1 aromatic heterocycles. The summed E-state index contributed by atoms with van der Waals surface area (Å²) in [6, 6.07) is 1.70. The van der Waals surface area contributed by atoms with Crippen molar-refractivity contribution in [2.24, 2.45) is 10.9 Å². The van der Waals surface area contributed by atoms with Crippen molar-refractivity contribution >= 4 is 11.7 Å². The molecule has 7 heteroatoms. The molecular formula is C11H15N5O2. The number of hydrogen-bond donors (Lipinski definition) is 2. The highest BCUT2D eigenvalue weighted by Crippen LogP contribution is 2.29. The summed E-state index contributed by atoms with van der Waals surface area (Å²) in [7, 11) is 0. The van der Waals surface area contributed by atoms with Crippen LogP contribution in [-0.4, -0.2) is 46.5 Å². The van der Waals surface area contributed by atoms with Crippen molar-refractivity contribution < 1.29 is 9.94 Å². The molecule has 3 heterocycles. The molecule has 7 nitrogen and oxygen atoms in total. The third-order valence-electron chi connectivity index (χ3n) is 3.43. The van der Waals surface area contributed by atoms with Gasteiger partial charge >= 0.3 is 0 Å². The van der Waals surface area contributed by atoms with E-state index in [2.05, 4.69) is 20.3 Å². The van der Waals surface area contributed by atoms with Crippen LogP contribution in [0.4, 0.5) is 5.82 Å². The Hall–Kier alpha value is -1.89. The number of anilines is 1. The van der Waals surface area contributed by atoms with Gasteiger partial charge in [0.1, 0.15) is 0 Å². The van der Waals surface area contributed by atoms with Gasteiger partial charge in [-0.1, -0.05) is 5.16 Å². The number of ether oxygens (including phenoxy) is 1. The Balaban J connectivity index is 1.92. The Morgan fingerprint density at radius 2 is 2.17 bits per heavy atom. The maximum Gasteiger partial charge on any atom is 0.173 e. The van der Waals surface area contributed by atoms with Crippen LogP contribution in [0.3, 0.4) is 0 Å².